The van der Waals surface area contributed by atoms with E-state index in [1.54, 1.807) is 6.92 Å². The monoisotopic (exact) mass is 297 g/mol. The van der Waals surface area contributed by atoms with Crippen molar-refractivity contribution in [3.8, 4) is 0 Å². The second kappa shape index (κ2) is 6.81. The summed E-state index contributed by atoms with van der Waals surface area (Å²) in [5, 5.41) is 15.6. The smallest absolute Gasteiger partial charge is 0.347 e. The normalized spacial score (nSPS) is 18.1. The summed E-state index contributed by atoms with van der Waals surface area (Å²) < 4.78 is 0. The summed E-state index contributed by atoms with van der Waals surface area (Å²) in [6.07, 6.45) is 2.56. The molecule has 1 aliphatic rings. The third-order valence-electron chi connectivity index (χ3n) is 3.41. The first-order valence-corrected chi connectivity index (χ1v) is 7.55. The van der Waals surface area contributed by atoms with Crippen molar-refractivity contribution in [2.45, 2.75) is 32.7 Å². The quantitative estimate of drug-likeness (QED) is 0.733. The number of nitrogens with zero attached hydrogens (tertiary/aromatic N) is 1. The van der Waals surface area contributed by atoms with E-state index in [0.29, 0.717) is 29.6 Å². The minimum atomic E-state index is -0.966. The van der Waals surface area contributed by atoms with Gasteiger partial charge in [0.25, 0.3) is 0 Å². The molecule has 1 saturated heterocycles. The minimum Gasteiger partial charge on any atom is -0.477 e. The van der Waals surface area contributed by atoms with Gasteiger partial charge in [0.05, 0.1) is 12.2 Å². The zero-order valence-electron chi connectivity index (χ0n) is 11.4. The fourth-order valence-electron chi connectivity index (χ4n) is 2.28. The van der Waals surface area contributed by atoms with Crippen LogP contribution in [0.4, 0.5) is 0 Å². The van der Waals surface area contributed by atoms with Crippen molar-refractivity contribution in [2.75, 3.05) is 13.1 Å². The molecule has 0 aromatic carbocycles. The zero-order valence-corrected chi connectivity index (χ0v) is 12.3. The molecule has 0 aliphatic carbocycles. The van der Waals surface area contributed by atoms with E-state index in [1.165, 1.54) is 0 Å². The lowest BCUT2D eigenvalue weighted by molar-refractivity contribution is -0.121. The van der Waals surface area contributed by atoms with Gasteiger partial charge in [0.2, 0.25) is 5.91 Å². The van der Waals surface area contributed by atoms with E-state index in [4.69, 9.17) is 5.11 Å². The fraction of sp³-hybridized carbons (Fsp3) is 0.615. The predicted octanol–water partition coefficient (Wildman–Crippen LogP) is 1.16. The van der Waals surface area contributed by atoms with Crippen molar-refractivity contribution in [1.82, 2.24) is 15.6 Å². The summed E-state index contributed by atoms with van der Waals surface area (Å²) in [7, 11) is 0. The molecule has 1 aromatic heterocycles. The Labute approximate surface area is 121 Å². The van der Waals surface area contributed by atoms with Gasteiger partial charge in [-0.15, -0.1) is 11.3 Å². The Morgan fingerprint density at radius 2 is 2.35 bits per heavy atom. The van der Waals surface area contributed by atoms with Crippen LogP contribution in [0.15, 0.2) is 0 Å². The lowest BCUT2D eigenvalue weighted by atomic mass is 10.0. The second-order valence-corrected chi connectivity index (χ2v) is 6.09. The molecule has 1 aromatic rings. The molecule has 0 radical (unpaired) electrons. The molecule has 1 fully saturated rings. The van der Waals surface area contributed by atoms with Crippen molar-refractivity contribution in [3.05, 3.63) is 15.6 Å². The Bertz CT molecular complexity index is 495. The summed E-state index contributed by atoms with van der Waals surface area (Å²) in [5.74, 6) is -0.366. The first-order chi connectivity index (χ1) is 9.56. The van der Waals surface area contributed by atoms with Gasteiger partial charge >= 0.3 is 5.97 Å². The van der Waals surface area contributed by atoms with Crippen molar-refractivity contribution in [2.24, 2.45) is 5.92 Å². The number of hydrogen-bond acceptors (Lipinski definition) is 5. The maximum Gasteiger partial charge on any atom is 0.347 e. The topological polar surface area (TPSA) is 91.3 Å². The number of aromatic nitrogens is 1. The number of carboxylic acids is 1. The van der Waals surface area contributed by atoms with Crippen LogP contribution in [-0.4, -0.2) is 35.1 Å². The molecule has 20 heavy (non-hydrogen) atoms. The van der Waals surface area contributed by atoms with E-state index < -0.39 is 5.97 Å². The number of hydrogen-bond donors (Lipinski definition) is 3. The molecule has 3 N–H and O–H groups in total. The average molecular weight is 297 g/mol. The molecule has 0 bridgehead atoms. The lowest BCUT2D eigenvalue weighted by Gasteiger charge is -2.07. The van der Waals surface area contributed by atoms with E-state index in [2.05, 4.69) is 15.6 Å². The third-order valence-corrected chi connectivity index (χ3v) is 4.56. The fourth-order valence-corrected chi connectivity index (χ4v) is 3.13. The predicted molar refractivity (Wildman–Crippen MR) is 75.9 cm³/mol. The number of aryl methyl sites for hydroxylation is 1. The van der Waals surface area contributed by atoms with E-state index in [1.807, 2.05) is 0 Å². The Kier molecular flexibility index (Phi) is 5.08. The van der Waals surface area contributed by atoms with Crippen LogP contribution in [-0.2, 0) is 11.3 Å². The molecule has 1 atom stereocenters. The van der Waals surface area contributed by atoms with Gasteiger partial charge in [0.1, 0.15) is 9.88 Å². The first-order valence-electron chi connectivity index (χ1n) is 6.73. The van der Waals surface area contributed by atoms with Crippen molar-refractivity contribution >= 4 is 23.2 Å². The van der Waals surface area contributed by atoms with Crippen LogP contribution in [0.1, 0.15) is 39.6 Å². The second-order valence-electron chi connectivity index (χ2n) is 5.00. The highest BCUT2D eigenvalue weighted by Crippen LogP contribution is 2.18. The number of rotatable bonds is 6. The molecule has 1 unspecified atom stereocenters. The van der Waals surface area contributed by atoms with Crippen molar-refractivity contribution in [3.63, 3.8) is 0 Å². The van der Waals surface area contributed by atoms with Crippen LogP contribution in [0.3, 0.4) is 0 Å². The van der Waals surface area contributed by atoms with E-state index in [9.17, 15) is 9.59 Å². The van der Waals surface area contributed by atoms with Gasteiger partial charge in [-0.1, -0.05) is 0 Å². The average Bonchev–Trinajstić information content (AvgIpc) is 3.03. The van der Waals surface area contributed by atoms with Gasteiger partial charge in [0.15, 0.2) is 0 Å². The van der Waals surface area contributed by atoms with Gasteiger partial charge in [-0.05, 0) is 38.8 Å². The summed E-state index contributed by atoms with van der Waals surface area (Å²) in [6, 6.07) is 0. The molecule has 2 heterocycles. The maximum atomic E-state index is 11.7. The molecule has 6 nitrogen and oxygen atoms in total. The molecule has 110 valence electrons. The molecule has 7 heteroatoms. The number of amides is 1. The van der Waals surface area contributed by atoms with Gasteiger partial charge in [0, 0.05) is 6.42 Å². The molecule has 1 aliphatic heterocycles. The van der Waals surface area contributed by atoms with Crippen LogP contribution in [0.2, 0.25) is 0 Å². The number of carbonyl (C=O) groups is 2. The Hall–Kier alpha value is -1.47. The zero-order chi connectivity index (χ0) is 14.5. The largest absolute Gasteiger partial charge is 0.477 e. The molecular formula is C13H19N3O3S. The lowest BCUT2D eigenvalue weighted by Crippen LogP contribution is -2.23. The maximum absolute atomic E-state index is 11.7. The molecule has 2 rings (SSSR count). The molecular weight excluding hydrogens is 278 g/mol. The van der Waals surface area contributed by atoms with Gasteiger partial charge in [-0.3, -0.25) is 4.79 Å². The summed E-state index contributed by atoms with van der Waals surface area (Å²) in [4.78, 5) is 27.0. The van der Waals surface area contributed by atoms with Gasteiger partial charge in [-0.2, -0.15) is 0 Å². The van der Waals surface area contributed by atoms with E-state index in [-0.39, 0.29) is 10.8 Å². The Morgan fingerprint density at radius 1 is 1.55 bits per heavy atom. The highest BCUT2D eigenvalue weighted by molar-refractivity contribution is 7.13. The number of aromatic carboxylic acids is 1. The van der Waals surface area contributed by atoms with Crippen LogP contribution >= 0.6 is 11.3 Å². The highest BCUT2D eigenvalue weighted by Gasteiger charge is 2.17. The SMILES string of the molecule is Cc1nc(CNC(=O)CCC2CCNC2)sc1C(=O)O. The van der Waals surface area contributed by atoms with E-state index in [0.717, 1.165) is 37.3 Å². The molecule has 1 amide bonds. The van der Waals surface area contributed by atoms with Gasteiger partial charge in [-0.25, -0.2) is 9.78 Å². The molecule has 0 saturated carbocycles. The first kappa shape index (κ1) is 14.9. The summed E-state index contributed by atoms with van der Waals surface area (Å²) in [6.45, 7) is 4.02. The standard InChI is InChI=1S/C13H19N3O3S/c1-8-12(13(18)19)20-11(16-8)7-15-10(17)3-2-9-4-5-14-6-9/h9,14H,2-7H2,1H3,(H,15,17)(H,18,19). The van der Waals surface area contributed by atoms with Crippen molar-refractivity contribution < 1.29 is 14.7 Å². The Balaban J connectivity index is 1.75. The number of thiazole rings is 1. The van der Waals surface area contributed by atoms with Crippen LogP contribution < -0.4 is 10.6 Å². The Morgan fingerprint density at radius 3 is 2.95 bits per heavy atom. The number of nitrogens with one attached hydrogen (secondary N) is 2. The van der Waals surface area contributed by atoms with Crippen LogP contribution in [0, 0.1) is 12.8 Å². The third kappa shape index (κ3) is 4.01. The summed E-state index contributed by atoms with van der Waals surface area (Å²) in [5.41, 5.74) is 0.503. The minimum absolute atomic E-state index is 0.00151. The number of carbonyl (C=O) groups excluding carboxylic acids is 1. The highest BCUT2D eigenvalue weighted by atomic mass is 32.1. The van der Waals surface area contributed by atoms with Crippen LogP contribution in [0.5, 0.6) is 0 Å². The number of carboxylic acid groups (broad SMARTS) is 1. The van der Waals surface area contributed by atoms with Crippen molar-refractivity contribution in [1.29, 1.82) is 0 Å². The van der Waals surface area contributed by atoms with Gasteiger partial charge < -0.3 is 15.7 Å². The molecule has 0 spiro atoms. The van der Waals surface area contributed by atoms with E-state index >= 15 is 0 Å². The van der Waals surface area contributed by atoms with Crippen LogP contribution in [0.25, 0.3) is 0 Å². The summed E-state index contributed by atoms with van der Waals surface area (Å²) >= 11 is 1.12.